The summed E-state index contributed by atoms with van der Waals surface area (Å²) in [5, 5.41) is 7.76. The van der Waals surface area contributed by atoms with Crippen LogP contribution in [-0.2, 0) is 22.7 Å². The fraction of sp³-hybridized carbons (Fsp3) is 0.389. The van der Waals surface area contributed by atoms with Gasteiger partial charge >= 0.3 is 0 Å². The number of halogens is 1. The average Bonchev–Trinajstić information content (AvgIpc) is 2.89. The summed E-state index contributed by atoms with van der Waals surface area (Å²) in [6, 6.07) is 9.18. The molecule has 2 rings (SSSR count). The van der Waals surface area contributed by atoms with E-state index in [4.69, 9.17) is 11.6 Å². The van der Waals surface area contributed by atoms with Crippen LogP contribution in [0.4, 0.5) is 0 Å². The van der Waals surface area contributed by atoms with E-state index >= 15 is 0 Å². The van der Waals surface area contributed by atoms with E-state index in [1.807, 2.05) is 39.0 Å². The quantitative estimate of drug-likeness (QED) is 0.821. The number of nitrogens with zero attached hydrogens (tertiary/aromatic N) is 3. The number of carbonyl (C=O) groups excluding carboxylic acids is 2. The first-order chi connectivity index (χ1) is 11.9. The minimum absolute atomic E-state index is 0.0300. The van der Waals surface area contributed by atoms with Crippen LogP contribution in [0.25, 0.3) is 0 Å². The third-order valence-electron chi connectivity index (χ3n) is 3.86. The standard InChI is InChI=1S/C18H23ClN4O2/c1-4-22(18(25)12-23-14(3)9-13(2)21-23)11-17(24)20-10-15-5-7-16(19)8-6-15/h5-9H,4,10-12H2,1-3H3,(H,20,24). The Morgan fingerprint density at radius 2 is 1.92 bits per heavy atom. The van der Waals surface area contributed by atoms with Crippen molar-refractivity contribution < 1.29 is 9.59 Å². The van der Waals surface area contributed by atoms with E-state index in [0.29, 0.717) is 18.1 Å². The number of hydrogen-bond acceptors (Lipinski definition) is 3. The van der Waals surface area contributed by atoms with Gasteiger partial charge in [0.2, 0.25) is 11.8 Å². The Morgan fingerprint density at radius 1 is 1.24 bits per heavy atom. The molecule has 0 saturated carbocycles. The average molecular weight is 363 g/mol. The molecule has 2 amide bonds. The van der Waals surface area contributed by atoms with E-state index in [1.165, 1.54) is 4.90 Å². The number of rotatable bonds is 7. The Morgan fingerprint density at radius 3 is 2.48 bits per heavy atom. The smallest absolute Gasteiger partial charge is 0.244 e. The van der Waals surface area contributed by atoms with Crippen molar-refractivity contribution in [3.05, 3.63) is 52.3 Å². The topological polar surface area (TPSA) is 67.2 Å². The zero-order chi connectivity index (χ0) is 18.4. The number of nitrogens with one attached hydrogen (secondary N) is 1. The summed E-state index contributed by atoms with van der Waals surface area (Å²) in [7, 11) is 0. The predicted octanol–water partition coefficient (Wildman–Crippen LogP) is 2.32. The molecule has 0 radical (unpaired) electrons. The second kappa shape index (κ2) is 8.67. The number of hydrogen-bond donors (Lipinski definition) is 1. The number of aryl methyl sites for hydroxylation is 2. The van der Waals surface area contributed by atoms with Gasteiger partial charge in [0.1, 0.15) is 6.54 Å². The molecule has 134 valence electrons. The van der Waals surface area contributed by atoms with Gasteiger partial charge in [0.15, 0.2) is 0 Å². The highest BCUT2D eigenvalue weighted by Gasteiger charge is 2.17. The molecule has 0 atom stereocenters. The summed E-state index contributed by atoms with van der Waals surface area (Å²) in [4.78, 5) is 26.1. The van der Waals surface area contributed by atoms with Gasteiger partial charge in [0.25, 0.3) is 0 Å². The van der Waals surface area contributed by atoms with Crippen molar-refractivity contribution in [2.24, 2.45) is 0 Å². The molecule has 0 saturated heterocycles. The molecule has 0 fully saturated rings. The van der Waals surface area contributed by atoms with E-state index in [-0.39, 0.29) is 24.9 Å². The van der Waals surface area contributed by atoms with Crippen molar-refractivity contribution in [1.82, 2.24) is 20.0 Å². The third kappa shape index (κ3) is 5.60. The van der Waals surface area contributed by atoms with Crippen molar-refractivity contribution in [1.29, 1.82) is 0 Å². The predicted molar refractivity (Wildman–Crippen MR) is 97.3 cm³/mol. The van der Waals surface area contributed by atoms with Crippen LogP contribution >= 0.6 is 11.6 Å². The molecular weight excluding hydrogens is 340 g/mol. The van der Waals surface area contributed by atoms with Gasteiger partial charge in [0, 0.05) is 23.8 Å². The Kier molecular flexibility index (Phi) is 6.58. The summed E-state index contributed by atoms with van der Waals surface area (Å²) < 4.78 is 1.66. The van der Waals surface area contributed by atoms with Crippen LogP contribution in [0.3, 0.4) is 0 Å². The summed E-state index contributed by atoms with van der Waals surface area (Å²) in [5.74, 6) is -0.325. The Hall–Kier alpha value is -2.34. The first-order valence-corrected chi connectivity index (χ1v) is 8.56. The molecule has 0 spiro atoms. The Balaban J connectivity index is 1.87. The van der Waals surface area contributed by atoms with E-state index in [2.05, 4.69) is 10.4 Å². The second-order valence-corrected chi connectivity index (χ2v) is 6.33. The molecule has 1 aromatic carbocycles. The van der Waals surface area contributed by atoms with E-state index in [1.54, 1.807) is 16.8 Å². The van der Waals surface area contributed by atoms with Crippen LogP contribution < -0.4 is 5.32 Å². The fourth-order valence-electron chi connectivity index (χ4n) is 2.47. The molecule has 1 N–H and O–H groups in total. The van der Waals surface area contributed by atoms with Gasteiger partial charge in [-0.15, -0.1) is 0 Å². The molecule has 1 aromatic heterocycles. The van der Waals surface area contributed by atoms with Crippen molar-refractivity contribution >= 4 is 23.4 Å². The first-order valence-electron chi connectivity index (χ1n) is 8.19. The summed E-state index contributed by atoms with van der Waals surface area (Å²) in [5.41, 5.74) is 2.75. The largest absolute Gasteiger partial charge is 0.350 e. The van der Waals surface area contributed by atoms with Gasteiger partial charge in [-0.05, 0) is 44.5 Å². The zero-order valence-electron chi connectivity index (χ0n) is 14.8. The lowest BCUT2D eigenvalue weighted by Crippen LogP contribution is -2.42. The van der Waals surface area contributed by atoms with Gasteiger partial charge in [-0.25, -0.2) is 0 Å². The minimum Gasteiger partial charge on any atom is -0.350 e. The highest BCUT2D eigenvalue weighted by Crippen LogP contribution is 2.09. The molecule has 7 heteroatoms. The highest BCUT2D eigenvalue weighted by molar-refractivity contribution is 6.30. The molecule has 0 aliphatic carbocycles. The molecular formula is C18H23ClN4O2. The van der Waals surface area contributed by atoms with Crippen molar-refractivity contribution in [2.45, 2.75) is 33.9 Å². The molecule has 0 aliphatic heterocycles. The first kappa shape index (κ1) is 19.0. The lowest BCUT2D eigenvalue weighted by Gasteiger charge is -2.20. The van der Waals surface area contributed by atoms with Gasteiger partial charge in [-0.1, -0.05) is 23.7 Å². The van der Waals surface area contributed by atoms with Crippen LogP contribution in [-0.4, -0.2) is 39.6 Å². The van der Waals surface area contributed by atoms with E-state index < -0.39 is 0 Å². The minimum atomic E-state index is -0.196. The summed E-state index contributed by atoms with van der Waals surface area (Å²) >= 11 is 5.84. The van der Waals surface area contributed by atoms with Crippen LogP contribution in [0.5, 0.6) is 0 Å². The molecule has 6 nitrogen and oxygen atoms in total. The van der Waals surface area contributed by atoms with Gasteiger partial charge < -0.3 is 10.2 Å². The van der Waals surface area contributed by atoms with E-state index in [0.717, 1.165) is 17.0 Å². The number of benzene rings is 1. The fourth-order valence-corrected chi connectivity index (χ4v) is 2.60. The summed E-state index contributed by atoms with van der Waals surface area (Å²) in [6.07, 6.45) is 0. The molecule has 2 aromatic rings. The van der Waals surface area contributed by atoms with Gasteiger partial charge in [-0.3, -0.25) is 14.3 Å². The van der Waals surface area contributed by atoms with Crippen molar-refractivity contribution in [3.8, 4) is 0 Å². The number of carbonyl (C=O) groups is 2. The van der Waals surface area contributed by atoms with Crippen LogP contribution in [0, 0.1) is 13.8 Å². The lowest BCUT2D eigenvalue weighted by molar-refractivity contribution is -0.136. The Bertz CT molecular complexity index is 740. The van der Waals surface area contributed by atoms with Gasteiger partial charge in [0.05, 0.1) is 12.2 Å². The van der Waals surface area contributed by atoms with Crippen LogP contribution in [0.2, 0.25) is 5.02 Å². The molecule has 0 unspecified atom stereocenters. The zero-order valence-corrected chi connectivity index (χ0v) is 15.5. The van der Waals surface area contributed by atoms with Crippen LogP contribution in [0.15, 0.2) is 30.3 Å². The molecule has 0 bridgehead atoms. The maximum atomic E-state index is 12.4. The number of likely N-dealkylation sites (N-methyl/N-ethyl adjacent to an activating group) is 1. The van der Waals surface area contributed by atoms with Gasteiger partial charge in [-0.2, -0.15) is 5.10 Å². The normalized spacial score (nSPS) is 10.6. The monoisotopic (exact) mass is 362 g/mol. The van der Waals surface area contributed by atoms with Crippen molar-refractivity contribution in [2.75, 3.05) is 13.1 Å². The molecule has 25 heavy (non-hydrogen) atoms. The molecule has 0 aliphatic rings. The summed E-state index contributed by atoms with van der Waals surface area (Å²) in [6.45, 7) is 6.68. The van der Waals surface area contributed by atoms with E-state index in [9.17, 15) is 9.59 Å². The Labute approximate surface area is 152 Å². The van der Waals surface area contributed by atoms with Crippen LogP contribution in [0.1, 0.15) is 23.9 Å². The molecule has 1 heterocycles. The highest BCUT2D eigenvalue weighted by atomic mass is 35.5. The number of amides is 2. The maximum absolute atomic E-state index is 12.4. The second-order valence-electron chi connectivity index (χ2n) is 5.90. The van der Waals surface area contributed by atoms with Crippen molar-refractivity contribution in [3.63, 3.8) is 0 Å². The lowest BCUT2D eigenvalue weighted by atomic mass is 10.2. The number of aromatic nitrogens is 2. The third-order valence-corrected chi connectivity index (χ3v) is 4.11. The SMILES string of the molecule is CCN(CC(=O)NCc1ccc(Cl)cc1)C(=O)Cn1nc(C)cc1C. The maximum Gasteiger partial charge on any atom is 0.244 e.